The van der Waals surface area contributed by atoms with Crippen LogP contribution in [0.5, 0.6) is 0 Å². The highest BCUT2D eigenvalue weighted by Crippen LogP contribution is 2.15. The number of carbonyl (C=O) groups excluding carboxylic acids is 2. The number of hydrogen-bond acceptors (Lipinski definition) is 5. The molecule has 0 radical (unpaired) electrons. The SMILES string of the molecule is CN1C(=O)CC(Nc2cccc(C(N)=S)n2)C1=O. The van der Waals surface area contributed by atoms with Gasteiger partial charge < -0.3 is 11.1 Å². The standard InChI is InChI=1S/C11H12N4O2S/c1-15-9(16)5-7(11(15)17)14-8-4-2-3-6(13-8)10(12)18/h2-4,7H,5H2,1H3,(H2,12,18)(H,13,14). The number of hydrogen-bond donors (Lipinski definition) is 2. The first-order valence-corrected chi connectivity index (χ1v) is 5.73. The fraction of sp³-hybridized carbons (Fsp3) is 0.273. The molecular formula is C11H12N4O2S. The number of likely N-dealkylation sites (tertiary alicyclic amines) is 1. The van der Waals surface area contributed by atoms with Crippen LogP contribution in [-0.4, -0.2) is 39.8 Å². The molecule has 2 heterocycles. The number of likely N-dealkylation sites (N-methyl/N-ethyl adjacent to an activating group) is 1. The maximum atomic E-state index is 11.7. The number of carbonyl (C=O) groups is 2. The number of nitrogens with two attached hydrogens (primary N) is 1. The molecule has 1 aromatic heterocycles. The summed E-state index contributed by atoms with van der Waals surface area (Å²) in [6.45, 7) is 0. The second kappa shape index (κ2) is 4.69. The maximum absolute atomic E-state index is 11.7. The van der Waals surface area contributed by atoms with Gasteiger partial charge in [-0.2, -0.15) is 0 Å². The topological polar surface area (TPSA) is 88.3 Å². The summed E-state index contributed by atoms with van der Waals surface area (Å²) in [7, 11) is 1.46. The van der Waals surface area contributed by atoms with Crippen LogP contribution < -0.4 is 11.1 Å². The lowest BCUT2D eigenvalue weighted by Crippen LogP contribution is -2.32. The molecule has 0 bridgehead atoms. The van der Waals surface area contributed by atoms with E-state index >= 15 is 0 Å². The summed E-state index contributed by atoms with van der Waals surface area (Å²) in [6, 6.07) is 4.53. The van der Waals surface area contributed by atoms with Crippen molar-refractivity contribution in [1.29, 1.82) is 0 Å². The van der Waals surface area contributed by atoms with E-state index in [1.807, 2.05) is 0 Å². The highest BCUT2D eigenvalue weighted by Gasteiger charge is 2.36. The van der Waals surface area contributed by atoms with Gasteiger partial charge in [0.1, 0.15) is 16.8 Å². The smallest absolute Gasteiger partial charge is 0.251 e. The Balaban J connectivity index is 2.15. The Morgan fingerprint density at radius 2 is 2.28 bits per heavy atom. The average Bonchev–Trinajstić information content (AvgIpc) is 2.57. The molecule has 7 heteroatoms. The summed E-state index contributed by atoms with van der Waals surface area (Å²) in [5, 5.41) is 2.91. The molecular weight excluding hydrogens is 252 g/mol. The molecule has 6 nitrogen and oxygen atoms in total. The van der Waals surface area contributed by atoms with Gasteiger partial charge in [0.2, 0.25) is 5.91 Å². The van der Waals surface area contributed by atoms with E-state index in [2.05, 4.69) is 10.3 Å². The van der Waals surface area contributed by atoms with Gasteiger partial charge in [-0.25, -0.2) is 4.98 Å². The minimum Gasteiger partial charge on any atom is -0.388 e. The van der Waals surface area contributed by atoms with E-state index in [-0.39, 0.29) is 23.2 Å². The number of anilines is 1. The zero-order valence-electron chi connectivity index (χ0n) is 9.71. The molecule has 3 N–H and O–H groups in total. The van der Waals surface area contributed by atoms with Gasteiger partial charge in [0.25, 0.3) is 5.91 Å². The van der Waals surface area contributed by atoms with Crippen molar-refractivity contribution in [2.75, 3.05) is 12.4 Å². The zero-order valence-corrected chi connectivity index (χ0v) is 10.5. The highest BCUT2D eigenvalue weighted by molar-refractivity contribution is 7.80. The molecule has 94 valence electrons. The summed E-state index contributed by atoms with van der Waals surface area (Å²) >= 11 is 4.82. The van der Waals surface area contributed by atoms with Gasteiger partial charge in [-0.3, -0.25) is 14.5 Å². The lowest BCUT2D eigenvalue weighted by molar-refractivity contribution is -0.136. The molecule has 1 aliphatic heterocycles. The summed E-state index contributed by atoms with van der Waals surface area (Å²) in [5.74, 6) is 0.00674. The summed E-state index contributed by atoms with van der Waals surface area (Å²) in [5.41, 5.74) is 5.95. The molecule has 2 amide bonds. The van der Waals surface area contributed by atoms with Gasteiger partial charge in [0.05, 0.1) is 12.1 Å². The quantitative estimate of drug-likeness (QED) is 0.585. The predicted octanol–water partition coefficient (Wildman–Crippen LogP) is -0.115. The van der Waals surface area contributed by atoms with Crippen LogP contribution in [0.3, 0.4) is 0 Å². The van der Waals surface area contributed by atoms with Gasteiger partial charge >= 0.3 is 0 Å². The van der Waals surface area contributed by atoms with Crippen molar-refractivity contribution in [2.45, 2.75) is 12.5 Å². The van der Waals surface area contributed by atoms with E-state index in [4.69, 9.17) is 18.0 Å². The van der Waals surface area contributed by atoms with Crippen LogP contribution in [0.4, 0.5) is 5.82 Å². The van der Waals surface area contributed by atoms with E-state index in [0.29, 0.717) is 11.5 Å². The second-order valence-corrected chi connectivity index (χ2v) is 4.40. The van der Waals surface area contributed by atoms with Gasteiger partial charge in [-0.1, -0.05) is 18.3 Å². The van der Waals surface area contributed by atoms with E-state index in [1.165, 1.54) is 7.05 Å². The van der Waals surface area contributed by atoms with Gasteiger partial charge in [0.15, 0.2) is 0 Å². The summed E-state index contributed by atoms with van der Waals surface area (Å²) in [4.78, 5) is 28.5. The Morgan fingerprint density at radius 1 is 1.56 bits per heavy atom. The van der Waals surface area contributed by atoms with Crippen LogP contribution in [0.15, 0.2) is 18.2 Å². The van der Waals surface area contributed by atoms with Crippen LogP contribution in [-0.2, 0) is 9.59 Å². The van der Waals surface area contributed by atoms with Crippen molar-refractivity contribution in [3.05, 3.63) is 23.9 Å². The van der Waals surface area contributed by atoms with Gasteiger partial charge in [-0.15, -0.1) is 0 Å². The molecule has 18 heavy (non-hydrogen) atoms. The van der Waals surface area contributed by atoms with Crippen molar-refractivity contribution in [2.24, 2.45) is 5.73 Å². The Kier molecular flexibility index (Phi) is 3.24. The minimum atomic E-state index is -0.573. The molecule has 1 fully saturated rings. The molecule has 0 saturated carbocycles. The number of imide groups is 1. The largest absolute Gasteiger partial charge is 0.388 e. The number of rotatable bonds is 3. The van der Waals surface area contributed by atoms with E-state index in [9.17, 15) is 9.59 Å². The minimum absolute atomic E-state index is 0.133. The third kappa shape index (κ3) is 2.30. The first-order chi connectivity index (χ1) is 8.49. The van der Waals surface area contributed by atoms with Crippen LogP contribution in [0.2, 0.25) is 0 Å². The first-order valence-electron chi connectivity index (χ1n) is 5.33. The monoisotopic (exact) mass is 264 g/mol. The Bertz CT molecular complexity index is 532. The zero-order chi connectivity index (χ0) is 13.3. The number of nitrogens with zero attached hydrogens (tertiary/aromatic N) is 2. The van der Waals surface area contributed by atoms with Crippen LogP contribution in [0.25, 0.3) is 0 Å². The molecule has 1 saturated heterocycles. The number of thiocarbonyl (C=S) groups is 1. The van der Waals surface area contributed by atoms with Crippen LogP contribution in [0.1, 0.15) is 12.1 Å². The normalized spacial score (nSPS) is 19.2. The fourth-order valence-corrected chi connectivity index (χ4v) is 1.81. The fourth-order valence-electron chi connectivity index (χ4n) is 1.70. The maximum Gasteiger partial charge on any atom is 0.251 e. The van der Waals surface area contributed by atoms with Crippen molar-refractivity contribution < 1.29 is 9.59 Å². The predicted molar refractivity (Wildman–Crippen MR) is 69.9 cm³/mol. The number of aromatic nitrogens is 1. The molecule has 0 aliphatic carbocycles. The van der Waals surface area contributed by atoms with Crippen molar-refractivity contribution in [3.63, 3.8) is 0 Å². The second-order valence-electron chi connectivity index (χ2n) is 3.96. The van der Waals surface area contributed by atoms with Crippen molar-refractivity contribution in [1.82, 2.24) is 9.88 Å². The van der Waals surface area contributed by atoms with E-state index in [1.54, 1.807) is 18.2 Å². The molecule has 1 aromatic rings. The van der Waals surface area contributed by atoms with E-state index in [0.717, 1.165) is 4.90 Å². The summed E-state index contributed by atoms with van der Waals surface area (Å²) < 4.78 is 0. The number of pyridine rings is 1. The van der Waals surface area contributed by atoms with E-state index < -0.39 is 6.04 Å². The Morgan fingerprint density at radius 3 is 2.83 bits per heavy atom. The lowest BCUT2D eigenvalue weighted by atomic mass is 10.2. The molecule has 1 unspecified atom stereocenters. The molecule has 0 spiro atoms. The van der Waals surface area contributed by atoms with Gasteiger partial charge in [-0.05, 0) is 12.1 Å². The molecule has 1 atom stereocenters. The number of amides is 2. The highest BCUT2D eigenvalue weighted by atomic mass is 32.1. The number of nitrogens with one attached hydrogen (secondary N) is 1. The van der Waals surface area contributed by atoms with Crippen LogP contribution >= 0.6 is 12.2 Å². The van der Waals surface area contributed by atoms with Gasteiger partial charge in [0, 0.05) is 7.05 Å². The lowest BCUT2D eigenvalue weighted by Gasteiger charge is -2.12. The van der Waals surface area contributed by atoms with Crippen LogP contribution in [0, 0.1) is 0 Å². The third-order valence-corrected chi connectivity index (χ3v) is 2.91. The molecule has 1 aliphatic rings. The average molecular weight is 264 g/mol. The summed E-state index contributed by atoms with van der Waals surface area (Å²) in [6.07, 6.45) is 0.133. The molecule has 0 aromatic carbocycles. The Labute approximate surface area is 109 Å². The van der Waals surface area contributed by atoms with Crippen molar-refractivity contribution >= 4 is 34.8 Å². The molecule has 2 rings (SSSR count). The third-order valence-electron chi connectivity index (χ3n) is 2.71. The first kappa shape index (κ1) is 12.4. The Hall–Kier alpha value is -2.02. The van der Waals surface area contributed by atoms with Crippen molar-refractivity contribution in [3.8, 4) is 0 Å².